The number of hydrogen-bond donors (Lipinski definition) is 1. The van der Waals surface area contributed by atoms with Gasteiger partial charge in [-0.15, -0.1) is 0 Å². The second-order valence-electron chi connectivity index (χ2n) is 3.28. The van der Waals surface area contributed by atoms with Gasteiger partial charge in [0.2, 0.25) is 11.5 Å². The van der Waals surface area contributed by atoms with Crippen molar-refractivity contribution in [3.8, 4) is 17.2 Å². The Labute approximate surface area is 90.4 Å². The van der Waals surface area contributed by atoms with Gasteiger partial charge in [-0.25, -0.2) is 9.97 Å². The lowest BCUT2D eigenvalue weighted by atomic mass is 10.2. The topological polar surface area (TPSA) is 72.0 Å². The Kier molecular flexibility index (Phi) is 1.83. The number of phenols is 1. The molecule has 0 spiro atoms. The third kappa shape index (κ3) is 1.38. The summed E-state index contributed by atoms with van der Waals surface area (Å²) in [6.07, 6.45) is 2.97. The minimum Gasteiger partial charge on any atom is -0.508 e. The molecule has 3 aromatic rings. The van der Waals surface area contributed by atoms with Gasteiger partial charge < -0.3 is 9.52 Å². The van der Waals surface area contributed by atoms with Crippen molar-refractivity contribution in [3.05, 3.63) is 36.8 Å². The molecule has 0 saturated heterocycles. The first-order valence-corrected chi connectivity index (χ1v) is 4.69. The van der Waals surface area contributed by atoms with E-state index in [1.165, 1.54) is 6.33 Å². The summed E-state index contributed by atoms with van der Waals surface area (Å²) in [5.41, 5.74) is 1.74. The third-order valence-electron chi connectivity index (χ3n) is 2.17. The summed E-state index contributed by atoms with van der Waals surface area (Å²) in [7, 11) is 0. The largest absolute Gasteiger partial charge is 0.508 e. The Bertz CT molecular complexity index is 615. The summed E-state index contributed by atoms with van der Waals surface area (Å²) < 4.78 is 5.46. The van der Waals surface area contributed by atoms with Gasteiger partial charge in [-0.05, 0) is 18.2 Å². The van der Waals surface area contributed by atoms with Gasteiger partial charge in [0, 0.05) is 5.56 Å². The molecule has 0 fully saturated rings. The van der Waals surface area contributed by atoms with E-state index in [4.69, 9.17) is 4.42 Å². The fourth-order valence-electron chi connectivity index (χ4n) is 1.45. The predicted octanol–water partition coefficient (Wildman–Crippen LogP) is 1.99. The van der Waals surface area contributed by atoms with Crippen molar-refractivity contribution in [1.29, 1.82) is 0 Å². The number of oxazole rings is 1. The average Bonchev–Trinajstić information content (AvgIpc) is 2.72. The number of fused-ring (bicyclic) bond motifs is 1. The molecular weight excluding hydrogens is 206 g/mol. The number of hydrogen-bond acceptors (Lipinski definition) is 5. The van der Waals surface area contributed by atoms with Crippen LogP contribution < -0.4 is 0 Å². The minimum absolute atomic E-state index is 0.172. The molecule has 0 bridgehead atoms. The van der Waals surface area contributed by atoms with E-state index in [0.717, 1.165) is 0 Å². The van der Waals surface area contributed by atoms with Gasteiger partial charge in [0.25, 0.3) is 0 Å². The monoisotopic (exact) mass is 213 g/mol. The van der Waals surface area contributed by atoms with Gasteiger partial charge in [0.05, 0.1) is 6.20 Å². The number of aromatic nitrogens is 3. The van der Waals surface area contributed by atoms with Crippen molar-refractivity contribution in [2.24, 2.45) is 0 Å². The highest BCUT2D eigenvalue weighted by Crippen LogP contribution is 2.24. The standard InChI is InChI=1S/C11H7N3O2/c15-8-3-1-2-7(4-8)11-14-10-9(16-11)5-12-6-13-10/h1-6,15H. The summed E-state index contributed by atoms with van der Waals surface area (Å²) in [5.74, 6) is 0.595. The molecule has 1 aromatic carbocycles. The number of phenolic OH excluding ortho intramolecular Hbond substituents is 1. The Morgan fingerprint density at radius 1 is 1.25 bits per heavy atom. The molecule has 5 heteroatoms. The molecule has 0 unspecified atom stereocenters. The van der Waals surface area contributed by atoms with Crippen LogP contribution in [0.3, 0.4) is 0 Å². The fourth-order valence-corrected chi connectivity index (χ4v) is 1.45. The van der Waals surface area contributed by atoms with Crippen LogP contribution in [-0.4, -0.2) is 20.1 Å². The van der Waals surface area contributed by atoms with E-state index in [1.54, 1.807) is 30.5 Å². The number of benzene rings is 1. The van der Waals surface area contributed by atoms with Crippen LogP contribution >= 0.6 is 0 Å². The van der Waals surface area contributed by atoms with E-state index in [-0.39, 0.29) is 5.75 Å². The highest BCUT2D eigenvalue weighted by atomic mass is 16.3. The lowest BCUT2D eigenvalue weighted by molar-refractivity contribution is 0.475. The maximum absolute atomic E-state index is 9.35. The first-order valence-electron chi connectivity index (χ1n) is 4.69. The van der Waals surface area contributed by atoms with Crippen LogP contribution in [0.4, 0.5) is 0 Å². The SMILES string of the molecule is Oc1cccc(-c2nc3ncncc3o2)c1. The third-order valence-corrected chi connectivity index (χ3v) is 2.17. The zero-order chi connectivity index (χ0) is 11.0. The molecule has 78 valence electrons. The molecule has 0 aliphatic heterocycles. The van der Waals surface area contributed by atoms with Gasteiger partial charge in [-0.3, -0.25) is 0 Å². The van der Waals surface area contributed by atoms with Crippen molar-refractivity contribution in [3.63, 3.8) is 0 Å². The Balaban J connectivity index is 2.19. The minimum atomic E-state index is 0.172. The quantitative estimate of drug-likeness (QED) is 0.669. The smallest absolute Gasteiger partial charge is 0.229 e. The van der Waals surface area contributed by atoms with E-state index >= 15 is 0 Å². The maximum Gasteiger partial charge on any atom is 0.229 e. The molecule has 3 rings (SSSR count). The number of rotatable bonds is 1. The Morgan fingerprint density at radius 3 is 3.00 bits per heavy atom. The van der Waals surface area contributed by atoms with Gasteiger partial charge >= 0.3 is 0 Å². The average molecular weight is 213 g/mol. The van der Waals surface area contributed by atoms with E-state index < -0.39 is 0 Å². The van der Waals surface area contributed by atoms with Gasteiger partial charge in [0.15, 0.2) is 5.58 Å². The lowest BCUT2D eigenvalue weighted by Crippen LogP contribution is -1.78. The highest BCUT2D eigenvalue weighted by molar-refractivity contribution is 5.71. The van der Waals surface area contributed by atoms with Crippen LogP contribution in [0.2, 0.25) is 0 Å². The van der Waals surface area contributed by atoms with Crippen LogP contribution in [0.5, 0.6) is 5.75 Å². The van der Waals surface area contributed by atoms with E-state index in [1.807, 2.05) is 0 Å². The van der Waals surface area contributed by atoms with Crippen molar-refractivity contribution in [2.45, 2.75) is 0 Å². The first-order chi connectivity index (χ1) is 7.83. The number of nitrogens with zero attached hydrogens (tertiary/aromatic N) is 3. The molecule has 5 nitrogen and oxygen atoms in total. The Morgan fingerprint density at radius 2 is 2.19 bits per heavy atom. The lowest BCUT2D eigenvalue weighted by Gasteiger charge is -1.94. The van der Waals surface area contributed by atoms with Crippen LogP contribution in [0.15, 0.2) is 41.2 Å². The van der Waals surface area contributed by atoms with Crippen LogP contribution in [0.1, 0.15) is 0 Å². The molecule has 1 N–H and O–H groups in total. The van der Waals surface area contributed by atoms with E-state index in [9.17, 15) is 5.11 Å². The van der Waals surface area contributed by atoms with Crippen molar-refractivity contribution < 1.29 is 9.52 Å². The maximum atomic E-state index is 9.35. The molecule has 2 heterocycles. The molecule has 0 aliphatic carbocycles. The summed E-state index contributed by atoms with van der Waals surface area (Å²) in [5, 5.41) is 9.35. The van der Waals surface area contributed by atoms with Gasteiger partial charge in [0.1, 0.15) is 12.1 Å². The zero-order valence-electron chi connectivity index (χ0n) is 8.16. The molecule has 16 heavy (non-hydrogen) atoms. The summed E-state index contributed by atoms with van der Waals surface area (Å²) in [6.45, 7) is 0. The summed E-state index contributed by atoms with van der Waals surface area (Å²) >= 11 is 0. The van der Waals surface area contributed by atoms with Crippen LogP contribution in [0, 0.1) is 0 Å². The molecule has 0 radical (unpaired) electrons. The van der Waals surface area contributed by atoms with Crippen molar-refractivity contribution in [1.82, 2.24) is 15.0 Å². The van der Waals surface area contributed by atoms with Crippen molar-refractivity contribution >= 4 is 11.2 Å². The molecular formula is C11H7N3O2. The van der Waals surface area contributed by atoms with Crippen LogP contribution in [0.25, 0.3) is 22.7 Å². The number of aromatic hydroxyl groups is 1. The second-order valence-corrected chi connectivity index (χ2v) is 3.28. The highest BCUT2D eigenvalue weighted by Gasteiger charge is 2.08. The second kappa shape index (κ2) is 3.30. The Hall–Kier alpha value is -2.43. The summed E-state index contributed by atoms with van der Waals surface area (Å²) in [4.78, 5) is 12.0. The van der Waals surface area contributed by atoms with E-state index in [2.05, 4.69) is 15.0 Å². The molecule has 0 aliphatic rings. The van der Waals surface area contributed by atoms with Gasteiger partial charge in [-0.2, -0.15) is 4.98 Å². The van der Waals surface area contributed by atoms with E-state index in [0.29, 0.717) is 22.7 Å². The fraction of sp³-hybridized carbons (Fsp3) is 0. The molecule has 2 aromatic heterocycles. The molecule has 0 atom stereocenters. The molecule has 0 saturated carbocycles. The first kappa shape index (κ1) is 8.84. The van der Waals surface area contributed by atoms with Crippen molar-refractivity contribution in [2.75, 3.05) is 0 Å². The van der Waals surface area contributed by atoms with Gasteiger partial charge in [-0.1, -0.05) is 6.07 Å². The molecule has 0 amide bonds. The predicted molar refractivity (Wildman–Crippen MR) is 56.7 cm³/mol. The zero-order valence-corrected chi connectivity index (χ0v) is 8.16. The summed E-state index contributed by atoms with van der Waals surface area (Å²) in [6, 6.07) is 6.70. The van der Waals surface area contributed by atoms with Crippen LogP contribution in [-0.2, 0) is 0 Å². The normalized spacial score (nSPS) is 10.8.